The number of hydrogen-bond acceptors (Lipinski definition) is 1. The standard InChI is InChI=1S/C2H6I3NSi/c1-2-6-7(3,4)5/h6H,2H2,1H3. The summed E-state index contributed by atoms with van der Waals surface area (Å²) in [6.07, 6.45) is 0. The van der Waals surface area contributed by atoms with Crippen LogP contribution in [0.5, 0.6) is 0 Å². The lowest BCUT2D eigenvalue weighted by Crippen LogP contribution is -2.31. The van der Waals surface area contributed by atoms with E-state index in [1.807, 2.05) is 0 Å². The van der Waals surface area contributed by atoms with E-state index in [2.05, 4.69) is 77.3 Å². The van der Waals surface area contributed by atoms with Crippen molar-refractivity contribution < 1.29 is 0 Å². The first-order valence-electron chi connectivity index (χ1n) is 1.88. The third kappa shape index (κ3) is 8.37. The van der Waals surface area contributed by atoms with E-state index in [9.17, 15) is 0 Å². The monoisotopic (exact) mass is 453 g/mol. The largest absolute Gasteiger partial charge is 0.326 e. The van der Waals surface area contributed by atoms with Crippen LogP contribution in [0.1, 0.15) is 6.92 Å². The van der Waals surface area contributed by atoms with E-state index < -0.39 is 0.725 Å². The van der Waals surface area contributed by atoms with E-state index in [1.54, 1.807) is 0 Å². The zero-order valence-electron chi connectivity index (χ0n) is 3.84. The SMILES string of the molecule is CCN[Si](I)(I)I. The molecule has 0 heterocycles. The highest BCUT2D eigenvalue weighted by Gasteiger charge is 2.18. The smallest absolute Gasteiger partial charge is 0.314 e. The lowest BCUT2D eigenvalue weighted by atomic mass is 10.8. The second-order valence-electron chi connectivity index (χ2n) is 1.03. The minimum absolute atomic E-state index is 0.997. The van der Waals surface area contributed by atoms with Crippen LogP contribution in [0.15, 0.2) is 0 Å². The molecule has 0 rings (SSSR count). The van der Waals surface area contributed by atoms with Crippen molar-refractivity contribution in [3.05, 3.63) is 0 Å². The van der Waals surface area contributed by atoms with Gasteiger partial charge < -0.3 is 4.98 Å². The normalized spacial score (nSPS) is 12.0. The Balaban J connectivity index is 3.15. The molecule has 44 valence electrons. The van der Waals surface area contributed by atoms with Gasteiger partial charge in [0.05, 0.1) is 0 Å². The summed E-state index contributed by atoms with van der Waals surface area (Å²) in [4.78, 5) is 3.38. The maximum absolute atomic E-state index is 3.38. The molecule has 0 aromatic heterocycles. The van der Waals surface area contributed by atoms with Crippen molar-refractivity contribution in [3.8, 4) is 0 Å². The van der Waals surface area contributed by atoms with Crippen LogP contribution < -0.4 is 4.98 Å². The molecular weight excluding hydrogens is 447 g/mol. The molecule has 5 heteroatoms. The Morgan fingerprint density at radius 3 is 1.86 bits per heavy atom. The van der Waals surface area contributed by atoms with Crippen LogP contribution in [-0.2, 0) is 0 Å². The van der Waals surface area contributed by atoms with Gasteiger partial charge in [0.15, 0.2) is 0 Å². The molecule has 1 nitrogen and oxygen atoms in total. The molecular formula is C2H6I3NSi. The van der Waals surface area contributed by atoms with Crippen molar-refractivity contribution in [2.45, 2.75) is 6.92 Å². The number of hydrogen-bond donors (Lipinski definition) is 1. The summed E-state index contributed by atoms with van der Waals surface area (Å²) in [6.45, 7) is 3.23. The van der Waals surface area contributed by atoms with Crippen LogP contribution in [0.4, 0.5) is 0 Å². The van der Waals surface area contributed by atoms with Gasteiger partial charge in [-0.3, -0.25) is 0 Å². The first-order chi connectivity index (χ1) is 3.06. The Hall–Kier alpha value is 2.37. The van der Waals surface area contributed by atoms with E-state index in [-0.39, 0.29) is 0 Å². The van der Waals surface area contributed by atoms with Crippen molar-refractivity contribution in [2.24, 2.45) is 0 Å². The minimum Gasteiger partial charge on any atom is -0.314 e. The third-order valence-corrected chi connectivity index (χ3v) is 4.56. The highest BCUT2D eigenvalue weighted by Crippen LogP contribution is 2.24. The molecule has 0 aromatic rings. The molecule has 7 heavy (non-hydrogen) atoms. The molecule has 0 aromatic carbocycles. The summed E-state index contributed by atoms with van der Waals surface area (Å²) in [5.41, 5.74) is 0. The number of nitrogens with one attached hydrogen (secondary N) is 1. The van der Waals surface area contributed by atoms with Gasteiger partial charge in [0, 0.05) is 0 Å². The molecule has 0 saturated heterocycles. The van der Waals surface area contributed by atoms with Crippen molar-refractivity contribution in [1.29, 1.82) is 0 Å². The summed E-state index contributed by atoms with van der Waals surface area (Å²) >= 11 is 7.43. The lowest BCUT2D eigenvalue weighted by molar-refractivity contribution is 1.01. The van der Waals surface area contributed by atoms with E-state index in [0.717, 1.165) is 6.54 Å². The average molecular weight is 453 g/mol. The van der Waals surface area contributed by atoms with Crippen LogP contribution in [0.3, 0.4) is 0 Å². The van der Waals surface area contributed by atoms with Crippen molar-refractivity contribution in [3.63, 3.8) is 0 Å². The molecule has 0 aliphatic carbocycles. The predicted octanol–water partition coefficient (Wildman–Crippen LogP) is 2.34. The van der Waals surface area contributed by atoms with Crippen LogP contribution in [0, 0.1) is 0 Å². The van der Waals surface area contributed by atoms with Gasteiger partial charge >= 0.3 is 0.725 Å². The molecule has 0 radical (unpaired) electrons. The predicted molar refractivity (Wildman–Crippen MR) is 61.5 cm³/mol. The fourth-order valence-electron chi connectivity index (χ4n) is 0.200. The number of halogens is 3. The lowest BCUT2D eigenvalue weighted by Gasteiger charge is -2.07. The summed E-state index contributed by atoms with van der Waals surface area (Å²) in [6, 6.07) is 0. The van der Waals surface area contributed by atoms with Gasteiger partial charge in [-0.15, -0.1) is 0 Å². The molecule has 0 amide bonds. The highest BCUT2D eigenvalue weighted by atomic mass is 127. The van der Waals surface area contributed by atoms with Gasteiger partial charge in [-0.2, -0.15) is 0 Å². The van der Waals surface area contributed by atoms with Gasteiger partial charge in [-0.25, -0.2) is 0 Å². The summed E-state index contributed by atoms with van der Waals surface area (Å²) in [7, 11) is 0. The molecule has 0 bridgehead atoms. The Morgan fingerprint density at radius 2 is 1.86 bits per heavy atom. The van der Waals surface area contributed by atoms with Gasteiger partial charge in [0.1, 0.15) is 0 Å². The zero-order chi connectivity index (χ0) is 5.91. The summed E-state index contributed by atoms with van der Waals surface area (Å²) in [5.74, 6) is 0. The molecule has 0 atom stereocenters. The molecule has 0 spiro atoms. The second kappa shape index (κ2) is 4.23. The molecule has 0 aliphatic rings. The van der Waals surface area contributed by atoms with Crippen LogP contribution in [0.2, 0.25) is 0 Å². The number of rotatable bonds is 2. The third-order valence-electron chi connectivity index (χ3n) is 0.377. The first kappa shape index (κ1) is 9.37. The maximum Gasteiger partial charge on any atom is 0.326 e. The van der Waals surface area contributed by atoms with E-state index in [1.165, 1.54) is 0 Å². The van der Waals surface area contributed by atoms with Crippen molar-refractivity contribution in [1.82, 2.24) is 4.98 Å². The summed E-state index contributed by atoms with van der Waals surface area (Å²) < 4.78 is -0.997. The van der Waals surface area contributed by atoms with Crippen LogP contribution >= 0.6 is 65.4 Å². The molecule has 1 N–H and O–H groups in total. The Morgan fingerprint density at radius 1 is 1.43 bits per heavy atom. The first-order valence-corrected chi connectivity index (χ1v) is 13.2. The molecule has 0 saturated carbocycles. The Labute approximate surface area is 83.1 Å². The Bertz CT molecular complexity index is 51.4. The fraction of sp³-hybridized carbons (Fsp3) is 1.00. The summed E-state index contributed by atoms with van der Waals surface area (Å²) in [5, 5.41) is 0. The molecule has 0 fully saturated rings. The Kier molecular flexibility index (Phi) is 5.65. The van der Waals surface area contributed by atoms with Crippen LogP contribution in [-0.4, -0.2) is 7.27 Å². The maximum atomic E-state index is 3.38. The van der Waals surface area contributed by atoms with Gasteiger partial charge in [0.25, 0.3) is 0 Å². The van der Waals surface area contributed by atoms with Crippen LogP contribution in [0.25, 0.3) is 0 Å². The van der Waals surface area contributed by atoms with E-state index in [4.69, 9.17) is 0 Å². The average Bonchev–Trinajstić information content (AvgIpc) is 1.30. The second-order valence-corrected chi connectivity index (χ2v) is 35.5. The fourth-order valence-corrected chi connectivity index (χ4v) is 4.03. The van der Waals surface area contributed by atoms with Gasteiger partial charge in [-0.1, -0.05) is 72.3 Å². The topological polar surface area (TPSA) is 12.0 Å². The molecule has 0 unspecified atom stereocenters. The van der Waals surface area contributed by atoms with E-state index >= 15 is 0 Å². The quantitative estimate of drug-likeness (QED) is 0.385. The highest BCUT2D eigenvalue weighted by molar-refractivity contribution is 14.4. The van der Waals surface area contributed by atoms with Gasteiger partial charge in [0.2, 0.25) is 0 Å². The van der Waals surface area contributed by atoms with Crippen molar-refractivity contribution in [2.75, 3.05) is 6.54 Å². The zero-order valence-corrected chi connectivity index (χ0v) is 11.3. The van der Waals surface area contributed by atoms with Gasteiger partial charge in [-0.05, 0) is 6.54 Å². The van der Waals surface area contributed by atoms with E-state index in [0.29, 0.717) is 0 Å². The molecule has 0 aliphatic heterocycles. The minimum atomic E-state index is -0.997. The van der Waals surface area contributed by atoms with Crippen molar-refractivity contribution >= 4 is 66.1 Å².